The number of piperidine rings is 1. The number of carboxylic acids is 1. The Hall–Kier alpha value is -3.53. The second kappa shape index (κ2) is 12.6. The predicted octanol–water partition coefficient (Wildman–Crippen LogP) is 6.97. The van der Waals surface area contributed by atoms with Gasteiger partial charge in [-0.15, -0.1) is 0 Å². The summed E-state index contributed by atoms with van der Waals surface area (Å²) in [6.07, 6.45) is -8.96. The molecule has 0 radical (unpaired) electrons. The van der Waals surface area contributed by atoms with E-state index in [4.69, 9.17) is 16.3 Å². The van der Waals surface area contributed by atoms with Crippen LogP contribution in [0.25, 0.3) is 10.9 Å². The minimum Gasteiger partial charge on any atom is -0.497 e. The van der Waals surface area contributed by atoms with E-state index in [1.165, 1.54) is 13.3 Å². The second-order valence-electron chi connectivity index (χ2n) is 10.4. The third kappa shape index (κ3) is 7.52. The third-order valence-corrected chi connectivity index (χ3v) is 7.99. The lowest BCUT2D eigenvalue weighted by Crippen LogP contribution is -2.44. The molecule has 1 aliphatic heterocycles. The van der Waals surface area contributed by atoms with E-state index in [2.05, 4.69) is 16.8 Å². The van der Waals surface area contributed by atoms with Gasteiger partial charge in [-0.05, 0) is 62.1 Å². The van der Waals surface area contributed by atoms with Crippen LogP contribution >= 0.6 is 11.6 Å². The first-order valence-electron chi connectivity index (χ1n) is 13.2. The summed E-state index contributed by atoms with van der Waals surface area (Å²) in [7, 11) is 1.50. The molecular formula is C30H27ClF6N2O4. The summed E-state index contributed by atoms with van der Waals surface area (Å²) in [5, 5.41) is 22.0. The fourth-order valence-corrected chi connectivity index (χ4v) is 5.46. The molecule has 2 N–H and O–H groups in total. The van der Waals surface area contributed by atoms with E-state index in [1.807, 2.05) is 0 Å². The van der Waals surface area contributed by atoms with Crippen molar-refractivity contribution >= 4 is 28.5 Å². The molecule has 0 aliphatic carbocycles. The van der Waals surface area contributed by atoms with Gasteiger partial charge < -0.3 is 14.9 Å². The smallest absolute Gasteiger partial charge is 0.416 e. The number of aliphatic hydroxyl groups is 1. The number of benzene rings is 2. The largest absolute Gasteiger partial charge is 0.497 e. The fraction of sp³-hybridized carbons (Fsp3) is 0.400. The maximum absolute atomic E-state index is 13.1. The lowest BCUT2D eigenvalue weighted by atomic mass is 9.74. The lowest BCUT2D eigenvalue weighted by molar-refractivity contribution is -0.153. The maximum Gasteiger partial charge on any atom is 0.416 e. The average molecular weight is 629 g/mol. The molecule has 13 heteroatoms. The summed E-state index contributed by atoms with van der Waals surface area (Å²) in [5.74, 6) is 4.50. The number of likely N-dealkylation sites (tertiary alicyclic amines) is 1. The molecule has 1 aliphatic rings. The number of hydrogen-bond acceptors (Lipinski definition) is 5. The van der Waals surface area contributed by atoms with Gasteiger partial charge in [0.2, 0.25) is 0 Å². The summed E-state index contributed by atoms with van der Waals surface area (Å²) < 4.78 is 83.9. The SMILES string of the molecule is COc1ccc2ncc(Cl)c([C@H](O)CCC3(C(=O)O)CCN(CC#Cc4cc(C(F)(F)F)cc(C(F)(F)F)c4)CC3)c2c1. The molecule has 1 atom stereocenters. The zero-order valence-electron chi connectivity index (χ0n) is 22.8. The Morgan fingerprint density at radius 2 is 1.72 bits per heavy atom. The standard InChI is InChI=1S/C30H27ClF6N2O4/c1-43-21-4-5-24-22(16-21)26(23(31)17-38-24)25(40)6-7-28(27(41)42)8-11-39(12-9-28)10-2-3-18-13-19(29(32,33)34)15-20(14-18)30(35,36)37/h4-5,13-17,25,40H,6-12H2,1H3,(H,41,42)/t25-/m1/s1. The van der Waals surface area contributed by atoms with Crippen LogP contribution in [0.3, 0.4) is 0 Å². The zero-order chi connectivity index (χ0) is 31.6. The summed E-state index contributed by atoms with van der Waals surface area (Å²) >= 11 is 6.38. The Morgan fingerprint density at radius 3 is 2.28 bits per heavy atom. The van der Waals surface area contributed by atoms with Crippen molar-refractivity contribution in [3.8, 4) is 17.6 Å². The Bertz CT molecular complexity index is 1520. The monoisotopic (exact) mass is 628 g/mol. The summed E-state index contributed by atoms with van der Waals surface area (Å²) in [4.78, 5) is 18.4. The van der Waals surface area contributed by atoms with Crippen molar-refractivity contribution in [3.05, 3.63) is 69.9 Å². The number of ether oxygens (including phenoxy) is 1. The van der Waals surface area contributed by atoms with Gasteiger partial charge in [0.05, 0.1) is 46.8 Å². The number of carboxylic acid groups (broad SMARTS) is 1. The molecule has 4 rings (SSSR count). The van der Waals surface area contributed by atoms with E-state index in [9.17, 15) is 41.4 Å². The number of aliphatic hydroxyl groups excluding tert-OH is 1. The van der Waals surface area contributed by atoms with Gasteiger partial charge in [-0.25, -0.2) is 0 Å². The highest BCUT2D eigenvalue weighted by molar-refractivity contribution is 6.32. The molecule has 43 heavy (non-hydrogen) atoms. The number of pyridine rings is 1. The molecule has 2 aromatic carbocycles. The topological polar surface area (TPSA) is 82.9 Å². The van der Waals surface area contributed by atoms with Gasteiger partial charge in [0.1, 0.15) is 5.75 Å². The molecule has 0 unspecified atom stereocenters. The lowest BCUT2D eigenvalue weighted by Gasteiger charge is -2.38. The molecular weight excluding hydrogens is 602 g/mol. The van der Waals surface area contributed by atoms with Crippen molar-refractivity contribution in [2.45, 2.75) is 44.1 Å². The molecule has 0 amide bonds. The molecule has 0 saturated carbocycles. The molecule has 2 heterocycles. The second-order valence-corrected chi connectivity index (χ2v) is 10.8. The summed E-state index contributed by atoms with van der Waals surface area (Å²) in [6.45, 7) is 0.587. The Kier molecular flexibility index (Phi) is 9.49. The van der Waals surface area contributed by atoms with Crippen LogP contribution in [0.2, 0.25) is 5.02 Å². The first-order chi connectivity index (χ1) is 20.1. The van der Waals surface area contributed by atoms with Crippen molar-refractivity contribution in [2.24, 2.45) is 5.41 Å². The van der Waals surface area contributed by atoms with Crippen molar-refractivity contribution in [2.75, 3.05) is 26.7 Å². The first kappa shape index (κ1) is 32.4. The number of carbonyl (C=O) groups is 1. The molecule has 0 bridgehead atoms. The van der Waals surface area contributed by atoms with E-state index in [1.54, 1.807) is 23.1 Å². The van der Waals surface area contributed by atoms with Gasteiger partial charge in [0, 0.05) is 35.8 Å². The molecule has 3 aromatic rings. The van der Waals surface area contributed by atoms with Crippen LogP contribution in [0.15, 0.2) is 42.6 Å². The molecule has 1 saturated heterocycles. The Labute approximate surface area is 248 Å². The van der Waals surface area contributed by atoms with Crippen LogP contribution < -0.4 is 4.74 Å². The van der Waals surface area contributed by atoms with Crippen LogP contribution in [-0.4, -0.2) is 52.8 Å². The quantitative estimate of drug-likeness (QED) is 0.217. The number of halogens is 7. The fourth-order valence-electron chi connectivity index (χ4n) is 5.18. The number of alkyl halides is 6. The van der Waals surface area contributed by atoms with E-state index in [0.717, 1.165) is 0 Å². The number of aliphatic carboxylic acids is 1. The third-order valence-electron chi connectivity index (χ3n) is 7.69. The highest BCUT2D eigenvalue weighted by atomic mass is 35.5. The van der Waals surface area contributed by atoms with Crippen LogP contribution in [0.5, 0.6) is 5.75 Å². The van der Waals surface area contributed by atoms with E-state index in [0.29, 0.717) is 34.3 Å². The highest BCUT2D eigenvalue weighted by Crippen LogP contribution is 2.41. The minimum absolute atomic E-state index is 0.0242. The zero-order valence-corrected chi connectivity index (χ0v) is 23.6. The summed E-state index contributed by atoms with van der Waals surface area (Å²) in [5.41, 5.74) is -3.46. The van der Waals surface area contributed by atoms with E-state index >= 15 is 0 Å². The normalized spacial score (nSPS) is 16.4. The maximum atomic E-state index is 13.1. The number of fused-ring (bicyclic) bond motifs is 1. The van der Waals surface area contributed by atoms with Gasteiger partial charge >= 0.3 is 18.3 Å². The van der Waals surface area contributed by atoms with Gasteiger partial charge in [-0.1, -0.05) is 23.4 Å². The van der Waals surface area contributed by atoms with Crippen LogP contribution in [-0.2, 0) is 17.1 Å². The van der Waals surface area contributed by atoms with Crippen LogP contribution in [0, 0.1) is 17.3 Å². The molecule has 1 aromatic heterocycles. The van der Waals surface area contributed by atoms with Crippen molar-refractivity contribution in [1.29, 1.82) is 0 Å². The van der Waals surface area contributed by atoms with Gasteiger partial charge in [0.25, 0.3) is 0 Å². The van der Waals surface area contributed by atoms with Crippen LogP contribution in [0.4, 0.5) is 26.3 Å². The Morgan fingerprint density at radius 1 is 1.09 bits per heavy atom. The van der Waals surface area contributed by atoms with E-state index in [-0.39, 0.29) is 56.4 Å². The number of hydrogen-bond donors (Lipinski definition) is 2. The Balaban J connectivity index is 1.43. The van der Waals surface area contributed by atoms with Crippen molar-refractivity contribution < 1.29 is 46.1 Å². The van der Waals surface area contributed by atoms with Crippen molar-refractivity contribution in [1.82, 2.24) is 9.88 Å². The van der Waals surface area contributed by atoms with Gasteiger partial charge in [-0.3, -0.25) is 14.7 Å². The molecule has 0 spiro atoms. The number of rotatable bonds is 7. The number of nitrogens with zero attached hydrogens (tertiary/aromatic N) is 2. The van der Waals surface area contributed by atoms with Gasteiger partial charge in [-0.2, -0.15) is 26.3 Å². The molecule has 1 fully saturated rings. The molecule has 230 valence electrons. The number of aromatic nitrogens is 1. The van der Waals surface area contributed by atoms with Gasteiger partial charge in [0.15, 0.2) is 0 Å². The van der Waals surface area contributed by atoms with E-state index < -0.39 is 46.5 Å². The first-order valence-corrected chi connectivity index (χ1v) is 13.5. The predicted molar refractivity (Wildman–Crippen MR) is 147 cm³/mol. The minimum atomic E-state index is -4.97. The van der Waals surface area contributed by atoms with Crippen molar-refractivity contribution in [3.63, 3.8) is 0 Å². The molecule has 6 nitrogen and oxygen atoms in total. The highest BCUT2D eigenvalue weighted by Gasteiger charge is 2.42. The summed E-state index contributed by atoms with van der Waals surface area (Å²) in [6, 6.07) is 6.31. The average Bonchev–Trinajstić information content (AvgIpc) is 2.95. The number of methoxy groups -OCH3 is 1. The van der Waals surface area contributed by atoms with Crippen LogP contribution in [0.1, 0.15) is 54.0 Å².